The predicted octanol–water partition coefficient (Wildman–Crippen LogP) is 2.57. The lowest BCUT2D eigenvalue weighted by atomic mass is 9.69. The van der Waals surface area contributed by atoms with Crippen molar-refractivity contribution in [3.8, 4) is 0 Å². The second kappa shape index (κ2) is 6.56. The number of halogens is 1. The van der Waals surface area contributed by atoms with E-state index >= 15 is 0 Å². The fraction of sp³-hybridized carbons (Fsp3) is 0.294. The van der Waals surface area contributed by atoms with Crippen LogP contribution >= 0.6 is 11.6 Å². The summed E-state index contributed by atoms with van der Waals surface area (Å²) < 4.78 is 0. The van der Waals surface area contributed by atoms with Crippen LogP contribution in [-0.2, 0) is 27.4 Å². The van der Waals surface area contributed by atoms with E-state index in [1.165, 1.54) is 0 Å². The van der Waals surface area contributed by atoms with Crippen molar-refractivity contribution in [1.29, 1.82) is 0 Å². The number of rotatable bonds is 5. The Kier molecular flexibility index (Phi) is 4.92. The number of aliphatic carboxylic acids is 2. The fourth-order valence-corrected chi connectivity index (χ4v) is 3.25. The smallest absolute Gasteiger partial charge is 0.331 e. The van der Waals surface area contributed by atoms with Gasteiger partial charge in [-0.05, 0) is 29.2 Å². The van der Waals surface area contributed by atoms with Crippen LogP contribution < -0.4 is 5.73 Å². The molecule has 1 aromatic carbocycles. The van der Waals surface area contributed by atoms with E-state index in [1.54, 1.807) is 37.3 Å². The van der Waals surface area contributed by atoms with E-state index in [0.29, 0.717) is 16.7 Å². The summed E-state index contributed by atoms with van der Waals surface area (Å²) >= 11 is 6.03. The van der Waals surface area contributed by atoms with Crippen molar-refractivity contribution >= 4 is 23.5 Å². The van der Waals surface area contributed by atoms with Crippen LogP contribution in [0.4, 0.5) is 0 Å². The lowest BCUT2D eigenvalue weighted by Gasteiger charge is -2.32. The molecule has 122 valence electrons. The van der Waals surface area contributed by atoms with E-state index in [-0.39, 0.29) is 24.4 Å². The normalized spacial score (nSPS) is 20.7. The average molecular weight is 336 g/mol. The summed E-state index contributed by atoms with van der Waals surface area (Å²) in [5, 5.41) is 19.2. The van der Waals surface area contributed by atoms with E-state index in [1.807, 2.05) is 0 Å². The van der Waals surface area contributed by atoms with Crippen molar-refractivity contribution in [2.24, 2.45) is 5.73 Å². The topological polar surface area (TPSA) is 101 Å². The molecule has 1 atom stereocenters. The minimum absolute atomic E-state index is 0.0913. The number of alkyl halides is 1. The number of hydrogen-bond donors (Lipinski definition) is 3. The van der Waals surface area contributed by atoms with E-state index in [4.69, 9.17) is 17.3 Å². The van der Waals surface area contributed by atoms with Gasteiger partial charge in [-0.1, -0.05) is 30.4 Å². The Morgan fingerprint density at radius 2 is 2.04 bits per heavy atom. The molecule has 0 fully saturated rings. The average Bonchev–Trinajstić information content (AvgIpc) is 2.54. The van der Waals surface area contributed by atoms with Gasteiger partial charge in [0.15, 0.2) is 0 Å². The number of benzene rings is 1. The predicted molar refractivity (Wildman–Crippen MR) is 87.3 cm³/mol. The molecule has 0 saturated carbocycles. The summed E-state index contributed by atoms with van der Waals surface area (Å²) in [4.78, 5) is 23.5. The molecule has 1 aromatic rings. The van der Waals surface area contributed by atoms with Crippen LogP contribution in [0.3, 0.4) is 0 Å². The molecule has 0 aromatic heterocycles. The summed E-state index contributed by atoms with van der Waals surface area (Å²) in [6, 6.07) is 5.19. The van der Waals surface area contributed by atoms with Gasteiger partial charge >= 0.3 is 11.9 Å². The maximum atomic E-state index is 12.1. The molecular weight excluding hydrogens is 318 g/mol. The third kappa shape index (κ3) is 2.90. The highest BCUT2D eigenvalue weighted by Crippen LogP contribution is 2.40. The molecule has 6 heteroatoms. The molecule has 0 spiro atoms. The van der Waals surface area contributed by atoms with E-state index in [2.05, 4.69) is 0 Å². The molecule has 0 radical (unpaired) electrons. The van der Waals surface area contributed by atoms with Gasteiger partial charge in [0.05, 0.1) is 0 Å². The second-order valence-corrected chi connectivity index (χ2v) is 5.80. The zero-order valence-corrected chi connectivity index (χ0v) is 13.4. The molecule has 23 heavy (non-hydrogen) atoms. The van der Waals surface area contributed by atoms with Crippen molar-refractivity contribution in [3.63, 3.8) is 0 Å². The minimum atomic E-state index is -1.46. The van der Waals surface area contributed by atoms with Gasteiger partial charge in [0.1, 0.15) is 5.41 Å². The van der Waals surface area contributed by atoms with Crippen LogP contribution in [0.5, 0.6) is 0 Å². The Bertz CT molecular complexity index is 723. The third-order valence-electron chi connectivity index (χ3n) is 4.30. The van der Waals surface area contributed by atoms with Crippen molar-refractivity contribution in [1.82, 2.24) is 0 Å². The van der Waals surface area contributed by atoms with E-state index in [9.17, 15) is 19.8 Å². The van der Waals surface area contributed by atoms with Crippen molar-refractivity contribution < 1.29 is 19.8 Å². The van der Waals surface area contributed by atoms with Crippen LogP contribution in [0.2, 0.25) is 0 Å². The summed E-state index contributed by atoms with van der Waals surface area (Å²) in [6.07, 6.45) is 2.97. The number of carboxylic acids is 2. The lowest BCUT2D eigenvalue weighted by molar-refractivity contribution is -0.142. The number of nitrogens with two attached hydrogens (primary N) is 1. The molecule has 1 aliphatic carbocycles. The fourth-order valence-electron chi connectivity index (χ4n) is 2.94. The molecular formula is C17H18ClNO4. The summed E-state index contributed by atoms with van der Waals surface area (Å²) in [6.45, 7) is 1.89. The molecule has 5 nitrogen and oxygen atoms in total. The Labute approximate surface area is 139 Å². The van der Waals surface area contributed by atoms with Gasteiger partial charge in [-0.3, -0.25) is 4.79 Å². The Hall–Kier alpha value is -2.11. The van der Waals surface area contributed by atoms with Crippen LogP contribution in [0.15, 0.2) is 41.5 Å². The second-order valence-electron chi connectivity index (χ2n) is 5.53. The number of carboxylic acid groups (broad SMARTS) is 2. The van der Waals surface area contributed by atoms with Gasteiger partial charge in [0.25, 0.3) is 0 Å². The van der Waals surface area contributed by atoms with Crippen molar-refractivity contribution in [3.05, 3.63) is 58.2 Å². The van der Waals surface area contributed by atoms with E-state index in [0.717, 1.165) is 5.56 Å². The maximum absolute atomic E-state index is 12.1. The van der Waals surface area contributed by atoms with Crippen LogP contribution in [0.1, 0.15) is 30.0 Å². The summed E-state index contributed by atoms with van der Waals surface area (Å²) in [5.41, 5.74) is 6.80. The maximum Gasteiger partial charge on any atom is 0.331 e. The van der Waals surface area contributed by atoms with E-state index < -0.39 is 17.4 Å². The standard InChI is InChI=1S/C17H18ClNO4/c1-10-5-6-17(16(22)23,7-12(10)15(20)21)14-4-2-3-11(9-19)13(14)8-18/h2-6H,7-9,19H2,1H3,(H,20,21)(H,22,23). The molecule has 2 rings (SSSR count). The molecule has 0 amide bonds. The van der Waals surface area contributed by atoms with Gasteiger partial charge in [0.2, 0.25) is 0 Å². The zero-order chi connectivity index (χ0) is 17.2. The Morgan fingerprint density at radius 3 is 2.57 bits per heavy atom. The van der Waals surface area contributed by atoms with Crippen molar-refractivity contribution in [2.45, 2.75) is 31.2 Å². The van der Waals surface area contributed by atoms with Crippen LogP contribution in [0.25, 0.3) is 0 Å². The molecule has 0 bridgehead atoms. The molecule has 1 aliphatic rings. The minimum Gasteiger partial charge on any atom is -0.480 e. The molecule has 0 aliphatic heterocycles. The first-order valence-electron chi connectivity index (χ1n) is 7.10. The largest absolute Gasteiger partial charge is 0.480 e. The highest BCUT2D eigenvalue weighted by Gasteiger charge is 2.43. The highest BCUT2D eigenvalue weighted by molar-refractivity contribution is 6.17. The molecule has 0 heterocycles. The molecule has 4 N–H and O–H groups in total. The first-order chi connectivity index (χ1) is 10.9. The van der Waals surface area contributed by atoms with Crippen molar-refractivity contribution in [2.75, 3.05) is 0 Å². The highest BCUT2D eigenvalue weighted by atomic mass is 35.5. The molecule has 1 unspecified atom stereocenters. The van der Waals surface area contributed by atoms with Gasteiger partial charge in [-0.25, -0.2) is 4.79 Å². The lowest BCUT2D eigenvalue weighted by Crippen LogP contribution is -2.38. The van der Waals surface area contributed by atoms with Gasteiger partial charge in [-0.15, -0.1) is 11.6 Å². The first kappa shape index (κ1) is 17.2. The van der Waals surface area contributed by atoms with Gasteiger partial charge in [-0.2, -0.15) is 0 Å². The molecule has 0 saturated heterocycles. The monoisotopic (exact) mass is 335 g/mol. The Balaban J connectivity index is 2.69. The number of allylic oxidation sites excluding steroid dienone is 2. The SMILES string of the molecule is CC1=C(C(=O)O)CC(C(=O)O)(c2cccc(CN)c2CCl)C=C1. The third-order valence-corrected chi connectivity index (χ3v) is 4.56. The zero-order valence-electron chi connectivity index (χ0n) is 12.7. The van der Waals surface area contributed by atoms with Gasteiger partial charge in [0, 0.05) is 24.4 Å². The summed E-state index contributed by atoms with van der Waals surface area (Å²) in [7, 11) is 0. The number of hydrogen-bond acceptors (Lipinski definition) is 3. The quantitative estimate of drug-likeness (QED) is 0.718. The van der Waals surface area contributed by atoms with Crippen LogP contribution in [0, 0.1) is 0 Å². The summed E-state index contributed by atoms with van der Waals surface area (Å²) in [5.74, 6) is -2.11. The van der Waals surface area contributed by atoms with Crippen LogP contribution in [-0.4, -0.2) is 22.2 Å². The number of carbonyl (C=O) groups is 2. The first-order valence-corrected chi connectivity index (χ1v) is 7.63. The Morgan fingerprint density at radius 1 is 1.35 bits per heavy atom. The van der Waals surface area contributed by atoms with Gasteiger partial charge < -0.3 is 15.9 Å².